The van der Waals surface area contributed by atoms with Crippen LogP contribution in [0, 0.1) is 0 Å². The first-order chi connectivity index (χ1) is 29.8. The quantitative estimate of drug-likeness (QED) is 0.0530. The van der Waals surface area contributed by atoms with Crippen LogP contribution in [0.25, 0.3) is 0 Å². The van der Waals surface area contributed by atoms with Gasteiger partial charge in [-0.25, -0.2) is 0 Å². The van der Waals surface area contributed by atoms with Crippen LogP contribution in [0.15, 0.2) is 0 Å². The zero-order valence-corrected chi connectivity index (χ0v) is 42.4. The molecule has 0 aliphatic heterocycles. The van der Waals surface area contributed by atoms with Crippen LogP contribution in [0.2, 0.25) is 0 Å². The number of carbonyl (C=O) groups is 2. The van der Waals surface area contributed by atoms with Gasteiger partial charge in [0.05, 0.1) is 6.10 Å². The van der Waals surface area contributed by atoms with Crippen molar-refractivity contribution in [2.24, 2.45) is 0 Å². The number of aliphatic carboxylic acids is 2. The highest BCUT2D eigenvalue weighted by molar-refractivity contribution is 5.66. The maximum atomic E-state index is 10.3. The molecule has 0 aromatic heterocycles. The van der Waals surface area contributed by atoms with Gasteiger partial charge in [0.15, 0.2) is 0 Å². The molecular weight excluding hydrogens is 753 g/mol. The summed E-state index contributed by atoms with van der Waals surface area (Å²) in [7, 11) is 0. The summed E-state index contributed by atoms with van der Waals surface area (Å²) in [5, 5.41) is 27.0. The molecule has 0 fully saturated rings. The van der Waals surface area contributed by atoms with Crippen molar-refractivity contribution >= 4 is 11.9 Å². The molecule has 368 valence electrons. The average Bonchev–Trinajstić information content (AvgIpc) is 3.24. The van der Waals surface area contributed by atoms with E-state index in [0.717, 1.165) is 38.5 Å². The minimum Gasteiger partial charge on any atom is -0.481 e. The number of carboxylic acid groups (broad SMARTS) is 2. The standard InChI is InChI=1S/C20H42O.2C18H36O2/c1-3-5-7-9-11-12-13-15-17-19-20(21)18-16-14-10-8-6-4-2;2*1-2-3-4-5-6-7-8-9-10-11-12-13-14-15-16-17-18(19)20/h20-21H,3-19H2,1-2H3;2*2-17H2,1H3,(H,19,20). The summed E-state index contributed by atoms with van der Waals surface area (Å²) in [5.74, 6) is -1.31. The normalized spacial score (nSPS) is 11.5. The summed E-state index contributed by atoms with van der Waals surface area (Å²) in [6, 6.07) is 0. The van der Waals surface area contributed by atoms with Crippen LogP contribution >= 0.6 is 0 Å². The van der Waals surface area contributed by atoms with Crippen LogP contribution in [0.5, 0.6) is 0 Å². The fourth-order valence-corrected chi connectivity index (χ4v) is 8.29. The number of unbranched alkanes of at least 4 members (excludes halogenated alkanes) is 41. The fraction of sp³-hybridized carbons (Fsp3) is 0.964. The topological polar surface area (TPSA) is 94.8 Å². The van der Waals surface area contributed by atoms with E-state index >= 15 is 0 Å². The van der Waals surface area contributed by atoms with Gasteiger partial charge in [-0.1, -0.05) is 304 Å². The monoisotopic (exact) mass is 867 g/mol. The highest BCUT2D eigenvalue weighted by atomic mass is 16.4. The first-order valence-electron chi connectivity index (χ1n) is 28.0. The molecule has 1 unspecified atom stereocenters. The summed E-state index contributed by atoms with van der Waals surface area (Å²) in [5.41, 5.74) is 0. The van der Waals surface area contributed by atoms with E-state index in [-0.39, 0.29) is 6.10 Å². The van der Waals surface area contributed by atoms with Crippen molar-refractivity contribution in [3.05, 3.63) is 0 Å². The summed E-state index contributed by atoms with van der Waals surface area (Å²) in [4.78, 5) is 20.7. The Kier molecular flexibility index (Phi) is 64.2. The zero-order chi connectivity index (χ0) is 45.4. The van der Waals surface area contributed by atoms with E-state index < -0.39 is 11.9 Å². The van der Waals surface area contributed by atoms with Crippen molar-refractivity contribution in [3.63, 3.8) is 0 Å². The Balaban J connectivity index is -0.000000828. The Labute approximate surface area is 384 Å². The van der Waals surface area contributed by atoms with Crippen molar-refractivity contribution in [1.29, 1.82) is 0 Å². The molecule has 61 heavy (non-hydrogen) atoms. The molecule has 0 aromatic rings. The van der Waals surface area contributed by atoms with Gasteiger partial charge >= 0.3 is 11.9 Å². The second kappa shape index (κ2) is 61.0. The lowest BCUT2D eigenvalue weighted by Crippen LogP contribution is -2.05. The number of aliphatic hydroxyl groups excluding tert-OH is 1. The SMILES string of the molecule is CCCCCCCCCCCC(O)CCCCCCCC.CCCCCCCCCCCCCCCCCC(=O)O.CCCCCCCCCCCCCCCCCC(=O)O. The van der Waals surface area contributed by atoms with Crippen LogP contribution < -0.4 is 0 Å². The third kappa shape index (κ3) is 70.8. The smallest absolute Gasteiger partial charge is 0.303 e. The predicted octanol–water partition coefficient (Wildman–Crippen LogP) is 19.7. The van der Waals surface area contributed by atoms with E-state index in [1.54, 1.807) is 0 Å². The van der Waals surface area contributed by atoms with Gasteiger partial charge in [-0.3, -0.25) is 9.59 Å². The number of rotatable bonds is 49. The molecule has 0 aliphatic carbocycles. The maximum absolute atomic E-state index is 10.3. The van der Waals surface area contributed by atoms with Crippen molar-refractivity contribution < 1.29 is 24.9 Å². The van der Waals surface area contributed by atoms with Gasteiger partial charge in [-0.2, -0.15) is 0 Å². The largest absolute Gasteiger partial charge is 0.481 e. The van der Waals surface area contributed by atoms with Gasteiger partial charge in [0.2, 0.25) is 0 Å². The molecule has 5 heteroatoms. The molecule has 3 N–H and O–H groups in total. The third-order valence-corrected chi connectivity index (χ3v) is 12.5. The predicted molar refractivity (Wildman–Crippen MR) is 270 cm³/mol. The zero-order valence-electron chi connectivity index (χ0n) is 42.4. The summed E-state index contributed by atoms with van der Waals surface area (Å²) in [6.45, 7) is 9.07. The molecule has 0 aromatic carbocycles. The van der Waals surface area contributed by atoms with E-state index in [1.165, 1.54) is 263 Å². The second-order valence-corrected chi connectivity index (χ2v) is 19.0. The van der Waals surface area contributed by atoms with Crippen molar-refractivity contribution in [3.8, 4) is 0 Å². The Bertz CT molecular complexity index is 741. The first kappa shape index (κ1) is 64.2. The van der Waals surface area contributed by atoms with E-state index in [2.05, 4.69) is 27.7 Å². The Morgan fingerprint density at radius 2 is 0.410 bits per heavy atom. The molecule has 0 rings (SSSR count). The van der Waals surface area contributed by atoms with Gasteiger partial charge in [-0.05, 0) is 25.7 Å². The highest BCUT2D eigenvalue weighted by Gasteiger charge is 2.04. The van der Waals surface area contributed by atoms with E-state index in [1.807, 2.05) is 0 Å². The Hall–Kier alpha value is -1.10. The summed E-state index contributed by atoms with van der Waals surface area (Å²) < 4.78 is 0. The summed E-state index contributed by atoms with van der Waals surface area (Å²) >= 11 is 0. The van der Waals surface area contributed by atoms with Crippen LogP contribution in [0.1, 0.15) is 342 Å². The number of hydrogen-bond donors (Lipinski definition) is 3. The minimum atomic E-state index is -0.653. The number of aliphatic hydroxyl groups is 1. The van der Waals surface area contributed by atoms with E-state index in [0.29, 0.717) is 12.8 Å². The maximum Gasteiger partial charge on any atom is 0.303 e. The van der Waals surface area contributed by atoms with Crippen LogP contribution in [0.3, 0.4) is 0 Å². The lowest BCUT2D eigenvalue weighted by Gasteiger charge is -2.10. The van der Waals surface area contributed by atoms with Crippen LogP contribution in [-0.4, -0.2) is 33.4 Å². The molecule has 0 aliphatic rings. The lowest BCUT2D eigenvalue weighted by molar-refractivity contribution is -0.138. The molecule has 0 heterocycles. The average molecular weight is 868 g/mol. The van der Waals surface area contributed by atoms with Crippen LogP contribution in [-0.2, 0) is 9.59 Å². The second-order valence-electron chi connectivity index (χ2n) is 19.0. The Morgan fingerprint density at radius 3 is 0.574 bits per heavy atom. The molecule has 0 spiro atoms. The third-order valence-electron chi connectivity index (χ3n) is 12.5. The van der Waals surface area contributed by atoms with Crippen LogP contribution in [0.4, 0.5) is 0 Å². The number of hydrogen-bond acceptors (Lipinski definition) is 3. The highest BCUT2D eigenvalue weighted by Crippen LogP contribution is 2.17. The molecule has 5 nitrogen and oxygen atoms in total. The Morgan fingerprint density at radius 1 is 0.262 bits per heavy atom. The van der Waals surface area contributed by atoms with E-state index in [9.17, 15) is 14.7 Å². The van der Waals surface area contributed by atoms with Crippen molar-refractivity contribution in [2.75, 3.05) is 0 Å². The molecule has 0 bridgehead atoms. The van der Waals surface area contributed by atoms with Gasteiger partial charge in [0.1, 0.15) is 0 Å². The molecule has 0 saturated carbocycles. The van der Waals surface area contributed by atoms with Crippen molar-refractivity contribution in [1.82, 2.24) is 0 Å². The fourth-order valence-electron chi connectivity index (χ4n) is 8.29. The molecule has 0 saturated heterocycles. The summed E-state index contributed by atoms with van der Waals surface area (Å²) in [6.07, 6.45) is 62.7. The van der Waals surface area contributed by atoms with Gasteiger partial charge in [0, 0.05) is 12.8 Å². The first-order valence-corrected chi connectivity index (χ1v) is 28.0. The van der Waals surface area contributed by atoms with E-state index in [4.69, 9.17) is 10.2 Å². The van der Waals surface area contributed by atoms with Crippen molar-refractivity contribution in [2.45, 2.75) is 348 Å². The van der Waals surface area contributed by atoms with Gasteiger partial charge in [-0.15, -0.1) is 0 Å². The minimum absolute atomic E-state index is 0.0271. The van der Waals surface area contributed by atoms with Gasteiger partial charge < -0.3 is 15.3 Å². The molecule has 0 radical (unpaired) electrons. The molecule has 1 atom stereocenters. The molecular formula is C56H114O5. The lowest BCUT2D eigenvalue weighted by atomic mass is 10.0. The molecule has 0 amide bonds. The van der Waals surface area contributed by atoms with Gasteiger partial charge in [0.25, 0.3) is 0 Å². The number of carboxylic acids is 2.